The summed E-state index contributed by atoms with van der Waals surface area (Å²) in [7, 11) is 0. The summed E-state index contributed by atoms with van der Waals surface area (Å²) in [5.74, 6) is 1.44. The van der Waals surface area contributed by atoms with Gasteiger partial charge in [0.05, 0.1) is 0 Å². The summed E-state index contributed by atoms with van der Waals surface area (Å²) >= 11 is 0. The van der Waals surface area contributed by atoms with E-state index < -0.39 is 0 Å². The zero-order valence-corrected chi connectivity index (χ0v) is 22.2. The van der Waals surface area contributed by atoms with E-state index in [1.165, 1.54) is 35.1 Å². The van der Waals surface area contributed by atoms with Gasteiger partial charge in [-0.15, -0.1) is 0 Å². The fourth-order valence-electron chi connectivity index (χ4n) is 5.75. The second-order valence-electron chi connectivity index (χ2n) is 11.8. The molecule has 36 heavy (non-hydrogen) atoms. The van der Waals surface area contributed by atoms with E-state index >= 15 is 0 Å². The van der Waals surface area contributed by atoms with Crippen LogP contribution in [0.1, 0.15) is 79.1 Å². The van der Waals surface area contributed by atoms with E-state index in [0.717, 1.165) is 24.5 Å². The molecule has 0 spiro atoms. The topological polar surface area (TPSA) is 56.9 Å². The van der Waals surface area contributed by atoms with Crippen LogP contribution < -0.4 is 4.90 Å². The van der Waals surface area contributed by atoms with E-state index in [1.54, 1.807) is 12.1 Å². The summed E-state index contributed by atoms with van der Waals surface area (Å²) in [5, 5.41) is 9.76. The number of aromatic hydroxyl groups is 1. The van der Waals surface area contributed by atoms with Crippen LogP contribution in [0.15, 0.2) is 52.9 Å². The number of nitrogens with zero attached hydrogens (tertiary/aromatic N) is 2. The largest absolute Gasteiger partial charge is 0.508 e. The lowest BCUT2D eigenvalue weighted by atomic mass is 9.62. The van der Waals surface area contributed by atoms with Crippen molar-refractivity contribution in [1.82, 2.24) is 4.90 Å². The minimum Gasteiger partial charge on any atom is -0.508 e. The molecule has 2 aliphatic rings. The first-order valence-corrected chi connectivity index (χ1v) is 13.1. The fraction of sp³-hybridized carbons (Fsp3) is 0.452. The maximum absolute atomic E-state index is 13.2. The molecule has 1 N–H and O–H groups in total. The number of rotatable bonds is 4. The zero-order valence-electron chi connectivity index (χ0n) is 22.2. The third-order valence-electron chi connectivity index (χ3n) is 8.31. The first-order valence-electron chi connectivity index (χ1n) is 13.1. The molecule has 1 aliphatic heterocycles. The summed E-state index contributed by atoms with van der Waals surface area (Å²) < 4.78 is 6.08. The van der Waals surface area contributed by atoms with Gasteiger partial charge in [-0.1, -0.05) is 45.9 Å². The first kappa shape index (κ1) is 24.5. The number of benzene rings is 2. The Balaban J connectivity index is 1.28. The lowest BCUT2D eigenvalue weighted by Crippen LogP contribution is -2.48. The van der Waals surface area contributed by atoms with Crippen molar-refractivity contribution in [2.45, 2.75) is 64.7 Å². The molecule has 1 aliphatic carbocycles. The van der Waals surface area contributed by atoms with Gasteiger partial charge in [-0.25, -0.2) is 0 Å². The molecule has 190 valence electrons. The Morgan fingerprint density at radius 2 is 1.58 bits per heavy atom. The van der Waals surface area contributed by atoms with Crippen LogP contribution >= 0.6 is 0 Å². The summed E-state index contributed by atoms with van der Waals surface area (Å²) in [6, 6.07) is 15.8. The van der Waals surface area contributed by atoms with Gasteiger partial charge < -0.3 is 19.3 Å². The second kappa shape index (κ2) is 9.02. The molecule has 3 aromatic rings. The molecule has 0 atom stereocenters. The van der Waals surface area contributed by atoms with Gasteiger partial charge in [-0.05, 0) is 77.1 Å². The maximum atomic E-state index is 13.2. The number of aryl methyl sites for hydroxylation is 1. The lowest BCUT2D eigenvalue weighted by molar-refractivity contribution is 0.0713. The highest BCUT2D eigenvalue weighted by atomic mass is 16.4. The Morgan fingerprint density at radius 1 is 0.917 bits per heavy atom. The number of fused-ring (bicyclic) bond motifs is 1. The minimum atomic E-state index is -0.0538. The number of hydrogen-bond acceptors (Lipinski definition) is 4. The van der Waals surface area contributed by atoms with Gasteiger partial charge in [0, 0.05) is 44.4 Å². The molecule has 0 radical (unpaired) electrons. The smallest absolute Gasteiger partial charge is 0.289 e. The standard InChI is InChI=1S/C31H38N2O3/c1-21-17-26-27(31(4,5)12-11-30(26,2)3)19-22(21)18-25-9-10-28(36-25)29(35)33-15-13-32(14-16-33)23-7-6-8-24(34)20-23/h6-10,17,19-20,34H,11-16,18H2,1-5H3. The van der Waals surface area contributed by atoms with Gasteiger partial charge in [-0.3, -0.25) is 4.79 Å². The van der Waals surface area contributed by atoms with Crippen molar-refractivity contribution in [3.8, 4) is 5.75 Å². The van der Waals surface area contributed by atoms with Crippen LogP contribution in [0.5, 0.6) is 5.75 Å². The van der Waals surface area contributed by atoms with Crippen molar-refractivity contribution < 1.29 is 14.3 Å². The van der Waals surface area contributed by atoms with Gasteiger partial charge in [0.1, 0.15) is 11.5 Å². The Kier molecular flexibility index (Phi) is 6.14. The highest BCUT2D eigenvalue weighted by molar-refractivity contribution is 5.91. The highest BCUT2D eigenvalue weighted by Gasteiger charge is 2.37. The predicted molar refractivity (Wildman–Crippen MR) is 144 cm³/mol. The quantitative estimate of drug-likeness (QED) is 0.477. The maximum Gasteiger partial charge on any atom is 0.289 e. The molecule has 1 amide bonds. The molecule has 5 heteroatoms. The Bertz CT molecular complexity index is 1280. The van der Waals surface area contributed by atoms with Gasteiger partial charge in [0.15, 0.2) is 5.76 Å². The van der Waals surface area contributed by atoms with Crippen LogP contribution in [-0.2, 0) is 17.3 Å². The molecule has 0 saturated carbocycles. The summed E-state index contributed by atoms with van der Waals surface area (Å²) in [4.78, 5) is 17.2. The van der Waals surface area contributed by atoms with Gasteiger partial charge in [-0.2, -0.15) is 0 Å². The molecule has 1 fully saturated rings. The van der Waals surface area contributed by atoms with E-state index in [4.69, 9.17) is 4.42 Å². The Labute approximate surface area is 214 Å². The minimum absolute atomic E-state index is 0.0538. The Hall–Kier alpha value is -3.21. The summed E-state index contributed by atoms with van der Waals surface area (Å²) in [5.41, 5.74) is 6.82. The zero-order chi connectivity index (χ0) is 25.7. The van der Waals surface area contributed by atoms with Crippen LogP contribution in [-0.4, -0.2) is 42.1 Å². The molecule has 2 heterocycles. The molecule has 2 aromatic carbocycles. The molecule has 1 aromatic heterocycles. The third kappa shape index (κ3) is 4.63. The molecule has 5 rings (SSSR count). The molecular weight excluding hydrogens is 448 g/mol. The van der Waals surface area contributed by atoms with Crippen LogP contribution in [0, 0.1) is 6.92 Å². The van der Waals surface area contributed by atoms with Crippen molar-refractivity contribution in [3.05, 3.63) is 82.3 Å². The SMILES string of the molecule is Cc1cc2c(cc1Cc1ccc(C(=O)N3CCN(c4cccc(O)c4)CC3)o1)C(C)(C)CCC2(C)C. The number of piperazine rings is 1. The van der Waals surface area contributed by atoms with Crippen LogP contribution in [0.3, 0.4) is 0 Å². The predicted octanol–water partition coefficient (Wildman–Crippen LogP) is 6.20. The normalized spacial score (nSPS) is 18.7. The molecule has 5 nitrogen and oxygen atoms in total. The molecule has 0 unspecified atom stereocenters. The first-order chi connectivity index (χ1) is 17.0. The number of carbonyl (C=O) groups excluding carboxylic acids is 1. The summed E-state index contributed by atoms with van der Waals surface area (Å²) in [6.45, 7) is 14.3. The Morgan fingerprint density at radius 3 is 2.25 bits per heavy atom. The number of anilines is 1. The molecular formula is C31H38N2O3. The number of hydrogen-bond donors (Lipinski definition) is 1. The highest BCUT2D eigenvalue weighted by Crippen LogP contribution is 2.46. The average molecular weight is 487 g/mol. The van der Waals surface area contributed by atoms with Gasteiger partial charge in [0.25, 0.3) is 5.91 Å². The van der Waals surface area contributed by atoms with Crippen molar-refractivity contribution in [2.75, 3.05) is 31.1 Å². The monoisotopic (exact) mass is 486 g/mol. The van der Waals surface area contributed by atoms with Crippen LogP contribution in [0.4, 0.5) is 5.69 Å². The van der Waals surface area contributed by atoms with Crippen LogP contribution in [0.2, 0.25) is 0 Å². The summed E-state index contributed by atoms with van der Waals surface area (Å²) in [6.07, 6.45) is 3.08. The molecule has 1 saturated heterocycles. The van der Waals surface area contributed by atoms with Crippen LogP contribution in [0.25, 0.3) is 0 Å². The second-order valence-corrected chi connectivity index (χ2v) is 11.8. The number of phenols is 1. The third-order valence-corrected chi connectivity index (χ3v) is 8.31. The number of carbonyl (C=O) groups is 1. The average Bonchev–Trinajstić information content (AvgIpc) is 3.31. The van der Waals surface area contributed by atoms with E-state index in [-0.39, 0.29) is 22.5 Å². The van der Waals surface area contributed by atoms with E-state index in [2.05, 4.69) is 51.7 Å². The van der Waals surface area contributed by atoms with Crippen molar-refractivity contribution >= 4 is 11.6 Å². The van der Waals surface area contributed by atoms with Crippen molar-refractivity contribution in [2.24, 2.45) is 0 Å². The lowest BCUT2D eigenvalue weighted by Gasteiger charge is -2.42. The van der Waals surface area contributed by atoms with Crippen molar-refractivity contribution in [1.29, 1.82) is 0 Å². The van der Waals surface area contributed by atoms with E-state index in [1.807, 2.05) is 29.2 Å². The fourth-order valence-corrected chi connectivity index (χ4v) is 5.75. The number of phenolic OH excluding ortho intramolecular Hbond substituents is 1. The van der Waals surface area contributed by atoms with E-state index in [0.29, 0.717) is 25.3 Å². The molecule has 0 bridgehead atoms. The van der Waals surface area contributed by atoms with Crippen molar-refractivity contribution in [3.63, 3.8) is 0 Å². The number of furan rings is 1. The van der Waals surface area contributed by atoms with Gasteiger partial charge >= 0.3 is 0 Å². The number of amides is 1. The van der Waals surface area contributed by atoms with E-state index in [9.17, 15) is 9.90 Å². The van der Waals surface area contributed by atoms with Gasteiger partial charge in [0.2, 0.25) is 0 Å².